The molecule has 0 aliphatic heterocycles. The average molecular weight is 380 g/mol. The van der Waals surface area contributed by atoms with Crippen molar-refractivity contribution < 1.29 is 8.94 Å². The van der Waals surface area contributed by atoms with E-state index in [-0.39, 0.29) is 0 Å². The molecular weight excluding hydrogens is 360 g/mol. The van der Waals surface area contributed by atoms with Gasteiger partial charge in [-0.1, -0.05) is 54.2 Å². The zero-order valence-corrected chi connectivity index (χ0v) is 15.9. The third kappa shape index (κ3) is 4.14. The molecule has 6 nitrogen and oxygen atoms in total. The van der Waals surface area contributed by atoms with E-state index in [9.17, 15) is 0 Å². The van der Waals surface area contributed by atoms with E-state index in [1.165, 1.54) is 5.56 Å². The molecular formula is C20H20N4O2S. The summed E-state index contributed by atoms with van der Waals surface area (Å²) in [7, 11) is 0. The highest BCUT2D eigenvalue weighted by Gasteiger charge is 2.15. The summed E-state index contributed by atoms with van der Waals surface area (Å²) in [6, 6.07) is 15.9. The number of thioether (sulfide) groups is 1. The van der Waals surface area contributed by atoms with Crippen molar-refractivity contribution in [2.75, 3.05) is 0 Å². The maximum absolute atomic E-state index is 5.36. The molecule has 3 aromatic heterocycles. The Labute approximate surface area is 161 Å². The molecule has 138 valence electrons. The molecule has 0 bridgehead atoms. The molecule has 0 atom stereocenters. The first-order chi connectivity index (χ1) is 13.3. The van der Waals surface area contributed by atoms with Gasteiger partial charge in [0.2, 0.25) is 5.76 Å². The van der Waals surface area contributed by atoms with Gasteiger partial charge in [-0.15, -0.1) is 10.2 Å². The molecule has 0 spiro atoms. The summed E-state index contributed by atoms with van der Waals surface area (Å²) in [4.78, 5) is 0. The Morgan fingerprint density at radius 1 is 1.04 bits per heavy atom. The van der Waals surface area contributed by atoms with Crippen molar-refractivity contribution in [1.82, 2.24) is 19.9 Å². The Bertz CT molecular complexity index is 977. The van der Waals surface area contributed by atoms with Gasteiger partial charge in [0.25, 0.3) is 0 Å². The van der Waals surface area contributed by atoms with E-state index in [0.29, 0.717) is 17.3 Å². The van der Waals surface area contributed by atoms with Crippen molar-refractivity contribution in [3.63, 3.8) is 0 Å². The molecule has 0 unspecified atom stereocenters. The molecule has 3 heterocycles. The Balaban J connectivity index is 1.47. The van der Waals surface area contributed by atoms with Gasteiger partial charge in [0.1, 0.15) is 5.82 Å². The van der Waals surface area contributed by atoms with Crippen LogP contribution in [0.4, 0.5) is 0 Å². The Morgan fingerprint density at radius 3 is 2.70 bits per heavy atom. The first-order valence-electron chi connectivity index (χ1n) is 8.91. The van der Waals surface area contributed by atoms with Crippen LogP contribution in [0, 0.1) is 0 Å². The highest BCUT2D eigenvalue weighted by molar-refractivity contribution is 7.98. The van der Waals surface area contributed by atoms with Gasteiger partial charge >= 0.3 is 0 Å². The summed E-state index contributed by atoms with van der Waals surface area (Å²) in [5, 5.41) is 13.9. The maximum atomic E-state index is 5.36. The summed E-state index contributed by atoms with van der Waals surface area (Å²) in [5.74, 6) is 2.97. The number of hydrogen-bond acceptors (Lipinski definition) is 6. The fraction of sp³-hybridized carbons (Fsp3) is 0.250. The van der Waals surface area contributed by atoms with Gasteiger partial charge in [-0.2, -0.15) is 0 Å². The molecule has 4 aromatic rings. The van der Waals surface area contributed by atoms with E-state index in [1.54, 1.807) is 18.0 Å². The minimum Gasteiger partial charge on any atom is -0.461 e. The van der Waals surface area contributed by atoms with Crippen LogP contribution in [-0.2, 0) is 18.7 Å². The molecule has 7 heteroatoms. The molecule has 0 saturated carbocycles. The molecule has 0 radical (unpaired) electrons. The lowest BCUT2D eigenvalue weighted by molar-refractivity contribution is 0.413. The standard InChI is InChI=1S/C20H20N4O2S/c1-2-10-24-19(12-15-7-4-3-5-8-15)21-22-20(24)27-14-16-13-18(26-23-16)17-9-6-11-25-17/h3-9,11,13H,2,10,12,14H2,1H3. The highest BCUT2D eigenvalue weighted by atomic mass is 32.2. The fourth-order valence-electron chi connectivity index (χ4n) is 2.84. The van der Waals surface area contributed by atoms with Crippen LogP contribution in [-0.4, -0.2) is 19.9 Å². The van der Waals surface area contributed by atoms with Gasteiger partial charge < -0.3 is 13.5 Å². The van der Waals surface area contributed by atoms with Crippen LogP contribution in [0.1, 0.15) is 30.4 Å². The van der Waals surface area contributed by atoms with Crippen molar-refractivity contribution in [2.24, 2.45) is 0 Å². The molecule has 0 amide bonds. The summed E-state index contributed by atoms with van der Waals surface area (Å²) >= 11 is 1.62. The third-order valence-electron chi connectivity index (χ3n) is 4.12. The highest BCUT2D eigenvalue weighted by Crippen LogP contribution is 2.26. The second kappa shape index (κ2) is 8.26. The molecule has 1 aromatic carbocycles. The number of hydrogen-bond donors (Lipinski definition) is 0. The van der Waals surface area contributed by atoms with E-state index >= 15 is 0 Å². The second-order valence-corrected chi connectivity index (χ2v) is 7.10. The van der Waals surface area contributed by atoms with Crippen molar-refractivity contribution in [3.8, 4) is 11.5 Å². The van der Waals surface area contributed by atoms with Crippen molar-refractivity contribution in [3.05, 3.63) is 71.9 Å². The lowest BCUT2D eigenvalue weighted by Crippen LogP contribution is -2.05. The summed E-state index contributed by atoms with van der Waals surface area (Å²) in [6.07, 6.45) is 3.43. The number of rotatable bonds is 8. The second-order valence-electron chi connectivity index (χ2n) is 6.16. The predicted octanol–water partition coefficient (Wildman–Crippen LogP) is 4.82. The van der Waals surface area contributed by atoms with Crippen LogP contribution in [0.25, 0.3) is 11.5 Å². The molecule has 0 aliphatic carbocycles. The molecule has 0 N–H and O–H groups in total. The van der Waals surface area contributed by atoms with Gasteiger partial charge in [-0.3, -0.25) is 0 Å². The minimum atomic E-state index is 0.635. The zero-order chi connectivity index (χ0) is 18.5. The van der Waals surface area contributed by atoms with Gasteiger partial charge in [-0.25, -0.2) is 0 Å². The summed E-state index contributed by atoms with van der Waals surface area (Å²) in [5.41, 5.74) is 2.08. The van der Waals surface area contributed by atoms with Crippen LogP contribution in [0.2, 0.25) is 0 Å². The average Bonchev–Trinajstić information content (AvgIpc) is 3.43. The topological polar surface area (TPSA) is 69.9 Å². The van der Waals surface area contributed by atoms with E-state index in [2.05, 4.69) is 39.0 Å². The van der Waals surface area contributed by atoms with Gasteiger partial charge in [0.15, 0.2) is 10.9 Å². The summed E-state index contributed by atoms with van der Waals surface area (Å²) in [6.45, 7) is 3.06. The smallest absolute Gasteiger partial charge is 0.202 e. The monoisotopic (exact) mass is 380 g/mol. The van der Waals surface area contributed by atoms with E-state index in [0.717, 1.165) is 36.1 Å². The third-order valence-corrected chi connectivity index (χ3v) is 5.12. The van der Waals surface area contributed by atoms with Crippen LogP contribution in [0.15, 0.2) is 68.9 Å². The maximum Gasteiger partial charge on any atom is 0.202 e. The normalized spacial score (nSPS) is 11.1. The van der Waals surface area contributed by atoms with Crippen molar-refractivity contribution in [1.29, 1.82) is 0 Å². The largest absolute Gasteiger partial charge is 0.461 e. The first kappa shape index (κ1) is 17.6. The number of nitrogens with zero attached hydrogens (tertiary/aromatic N) is 4. The molecule has 0 saturated heterocycles. The van der Waals surface area contributed by atoms with Crippen LogP contribution in [0.5, 0.6) is 0 Å². The van der Waals surface area contributed by atoms with Crippen LogP contribution in [0.3, 0.4) is 0 Å². The lowest BCUT2D eigenvalue weighted by Gasteiger charge is -2.08. The van der Waals surface area contributed by atoms with Gasteiger partial charge in [-0.05, 0) is 24.1 Å². The summed E-state index contributed by atoms with van der Waals surface area (Å²) < 4.78 is 12.9. The van der Waals surface area contributed by atoms with Crippen molar-refractivity contribution >= 4 is 11.8 Å². The SMILES string of the molecule is CCCn1c(Cc2ccccc2)nnc1SCc1cc(-c2ccco2)on1. The Kier molecular flexibility index (Phi) is 5.39. The fourth-order valence-corrected chi connectivity index (χ4v) is 3.70. The number of benzene rings is 1. The van der Waals surface area contributed by atoms with Crippen LogP contribution >= 0.6 is 11.8 Å². The van der Waals surface area contributed by atoms with Gasteiger partial charge in [0, 0.05) is 24.8 Å². The lowest BCUT2D eigenvalue weighted by atomic mass is 10.1. The van der Waals surface area contributed by atoms with Gasteiger partial charge in [0.05, 0.1) is 12.0 Å². The number of aromatic nitrogens is 4. The number of furan rings is 1. The van der Waals surface area contributed by atoms with E-state index < -0.39 is 0 Å². The molecule has 0 fully saturated rings. The minimum absolute atomic E-state index is 0.635. The Morgan fingerprint density at radius 2 is 1.93 bits per heavy atom. The molecule has 4 rings (SSSR count). The molecule has 27 heavy (non-hydrogen) atoms. The van der Waals surface area contributed by atoms with Crippen molar-refractivity contribution in [2.45, 2.75) is 37.2 Å². The molecule has 0 aliphatic rings. The zero-order valence-electron chi connectivity index (χ0n) is 15.0. The predicted molar refractivity (Wildman–Crippen MR) is 103 cm³/mol. The first-order valence-corrected chi connectivity index (χ1v) is 9.90. The van der Waals surface area contributed by atoms with E-state index in [1.807, 2.05) is 36.4 Å². The van der Waals surface area contributed by atoms with Crippen LogP contribution < -0.4 is 0 Å². The van der Waals surface area contributed by atoms with E-state index in [4.69, 9.17) is 8.94 Å². The Hall–Kier alpha value is -2.80. The quantitative estimate of drug-likeness (QED) is 0.408.